The number of hydrogen-bond donors (Lipinski definition) is 1. The topological polar surface area (TPSA) is 60.0 Å². The summed E-state index contributed by atoms with van der Waals surface area (Å²) in [4.78, 5) is 15.0. The highest BCUT2D eigenvalue weighted by atomic mass is 16.5. The van der Waals surface area contributed by atoms with Crippen LogP contribution in [0.15, 0.2) is 60.7 Å². The zero-order valence-corrected chi connectivity index (χ0v) is 20.8. The van der Waals surface area contributed by atoms with Crippen LogP contribution in [0, 0.1) is 0 Å². The van der Waals surface area contributed by atoms with Crippen molar-refractivity contribution in [3.8, 4) is 17.2 Å². The Bertz CT molecular complexity index is 1470. The van der Waals surface area contributed by atoms with Crippen molar-refractivity contribution in [2.45, 2.75) is 38.0 Å². The molecule has 4 aromatic carbocycles. The molecule has 6 nitrogen and oxygen atoms in total. The summed E-state index contributed by atoms with van der Waals surface area (Å²) in [7, 11) is 5.00. The summed E-state index contributed by atoms with van der Waals surface area (Å²) in [5.74, 6) is 2.39. The quantitative estimate of drug-likeness (QED) is 0.375. The van der Waals surface area contributed by atoms with Crippen LogP contribution in [-0.2, 0) is 17.9 Å². The molecular formula is C30H30N2O4. The fourth-order valence-corrected chi connectivity index (χ4v) is 6.03. The summed E-state index contributed by atoms with van der Waals surface area (Å²) in [6.07, 6.45) is 1.44. The fourth-order valence-electron chi connectivity index (χ4n) is 6.03. The molecule has 0 bridgehead atoms. The average molecular weight is 483 g/mol. The Morgan fingerprint density at radius 2 is 1.58 bits per heavy atom. The highest BCUT2D eigenvalue weighted by Gasteiger charge is 2.43. The lowest BCUT2D eigenvalue weighted by molar-refractivity contribution is -0.130. The van der Waals surface area contributed by atoms with Gasteiger partial charge in [0, 0.05) is 19.5 Å². The molecule has 6 heteroatoms. The summed E-state index contributed by atoms with van der Waals surface area (Å²) in [6.45, 7) is 1.32. The van der Waals surface area contributed by atoms with Gasteiger partial charge in [-0.15, -0.1) is 0 Å². The Balaban J connectivity index is 1.63. The molecule has 184 valence electrons. The van der Waals surface area contributed by atoms with Crippen molar-refractivity contribution in [3.63, 3.8) is 0 Å². The first-order valence-electron chi connectivity index (χ1n) is 12.4. The van der Waals surface area contributed by atoms with E-state index in [1.807, 2.05) is 18.2 Å². The standard InChI is InChI=1S/C30H30N2O4/c1-34-19-9-10-20-21(13-19)22-14-26(35-2)27(36-3)15-23(22)24-17-32-25(11-12-28(32)33)30(29(20)24)31-16-18-7-5-4-6-8-18/h4-10,13-15,25,30-31H,11-12,16-17H2,1-3H3/t25-,30-/m0/s1. The third-order valence-corrected chi connectivity index (χ3v) is 7.75. The molecule has 0 saturated carbocycles. The van der Waals surface area contributed by atoms with E-state index in [0.717, 1.165) is 34.9 Å². The van der Waals surface area contributed by atoms with Gasteiger partial charge in [0.1, 0.15) is 5.75 Å². The summed E-state index contributed by atoms with van der Waals surface area (Å²) >= 11 is 0. The smallest absolute Gasteiger partial charge is 0.223 e. The molecule has 2 heterocycles. The first-order valence-corrected chi connectivity index (χ1v) is 12.4. The minimum Gasteiger partial charge on any atom is -0.497 e. The molecule has 0 aliphatic carbocycles. The molecule has 0 aromatic heterocycles. The number of amides is 1. The number of nitrogens with zero attached hydrogens (tertiary/aromatic N) is 1. The molecule has 2 atom stereocenters. The van der Waals surface area contributed by atoms with Gasteiger partial charge in [0.25, 0.3) is 0 Å². The number of ether oxygens (including phenoxy) is 3. The maximum absolute atomic E-state index is 13.0. The largest absolute Gasteiger partial charge is 0.497 e. The number of hydrogen-bond acceptors (Lipinski definition) is 5. The summed E-state index contributed by atoms with van der Waals surface area (Å²) < 4.78 is 17.0. The molecule has 1 saturated heterocycles. The second-order valence-corrected chi connectivity index (χ2v) is 9.53. The number of carbonyl (C=O) groups excluding carboxylic acids is 1. The number of fused-ring (bicyclic) bond motifs is 7. The SMILES string of the molecule is COc1ccc2c3c(c4cc(OC)c(OC)cc4c2c1)CN1C(=O)CC[C@H]1[C@@H]3NCc1ccccc1. The predicted molar refractivity (Wildman–Crippen MR) is 141 cm³/mol. The van der Waals surface area contributed by atoms with Crippen LogP contribution in [0.1, 0.15) is 35.6 Å². The Morgan fingerprint density at radius 3 is 2.31 bits per heavy atom. The van der Waals surface area contributed by atoms with Crippen molar-refractivity contribution in [2.75, 3.05) is 21.3 Å². The van der Waals surface area contributed by atoms with E-state index in [0.29, 0.717) is 24.5 Å². The molecule has 1 amide bonds. The van der Waals surface area contributed by atoms with E-state index in [2.05, 4.69) is 52.7 Å². The first kappa shape index (κ1) is 22.7. The van der Waals surface area contributed by atoms with Crippen LogP contribution >= 0.6 is 0 Å². The minimum atomic E-state index is 0.00815. The van der Waals surface area contributed by atoms with Gasteiger partial charge < -0.3 is 24.4 Å². The van der Waals surface area contributed by atoms with Gasteiger partial charge in [-0.05, 0) is 68.9 Å². The molecule has 0 spiro atoms. The maximum atomic E-state index is 13.0. The van der Waals surface area contributed by atoms with Gasteiger partial charge in [-0.3, -0.25) is 4.79 Å². The van der Waals surface area contributed by atoms with E-state index in [4.69, 9.17) is 14.2 Å². The Kier molecular flexibility index (Phi) is 5.69. The Morgan fingerprint density at radius 1 is 0.861 bits per heavy atom. The average Bonchev–Trinajstić information content (AvgIpc) is 3.30. The van der Waals surface area contributed by atoms with Crippen molar-refractivity contribution in [1.29, 1.82) is 0 Å². The Hall–Kier alpha value is -3.77. The molecule has 0 radical (unpaired) electrons. The number of carbonyl (C=O) groups is 1. The number of methoxy groups -OCH3 is 3. The van der Waals surface area contributed by atoms with Gasteiger partial charge >= 0.3 is 0 Å². The molecule has 2 aliphatic heterocycles. The summed E-state index contributed by atoms with van der Waals surface area (Å²) in [5.41, 5.74) is 3.65. The molecule has 4 aromatic rings. The maximum Gasteiger partial charge on any atom is 0.223 e. The lowest BCUT2D eigenvalue weighted by Gasteiger charge is -2.40. The Labute approximate surface area is 210 Å². The van der Waals surface area contributed by atoms with E-state index >= 15 is 0 Å². The van der Waals surface area contributed by atoms with Gasteiger partial charge in [-0.1, -0.05) is 36.4 Å². The van der Waals surface area contributed by atoms with E-state index in [1.54, 1.807) is 21.3 Å². The van der Waals surface area contributed by atoms with Crippen molar-refractivity contribution < 1.29 is 19.0 Å². The molecule has 1 N–H and O–H groups in total. The third kappa shape index (κ3) is 3.56. The predicted octanol–water partition coefficient (Wildman–Crippen LogP) is 5.35. The highest BCUT2D eigenvalue weighted by molar-refractivity contribution is 6.12. The van der Waals surface area contributed by atoms with Crippen LogP contribution in [0.4, 0.5) is 0 Å². The lowest BCUT2D eigenvalue weighted by atomic mass is 9.82. The van der Waals surface area contributed by atoms with E-state index in [1.165, 1.54) is 22.1 Å². The molecule has 6 rings (SSSR count). The lowest BCUT2D eigenvalue weighted by Crippen LogP contribution is -2.46. The third-order valence-electron chi connectivity index (χ3n) is 7.75. The first-order chi connectivity index (χ1) is 17.6. The normalized spacial score (nSPS) is 18.9. The van der Waals surface area contributed by atoms with E-state index < -0.39 is 0 Å². The number of benzene rings is 4. The van der Waals surface area contributed by atoms with Crippen LogP contribution < -0.4 is 19.5 Å². The number of nitrogens with one attached hydrogen (secondary N) is 1. The molecular weight excluding hydrogens is 452 g/mol. The van der Waals surface area contributed by atoms with Gasteiger partial charge in [-0.2, -0.15) is 0 Å². The van der Waals surface area contributed by atoms with Gasteiger partial charge in [0.2, 0.25) is 5.91 Å². The van der Waals surface area contributed by atoms with Crippen molar-refractivity contribution in [3.05, 3.63) is 77.4 Å². The van der Waals surface area contributed by atoms with Crippen LogP contribution in [0.5, 0.6) is 17.2 Å². The molecule has 1 fully saturated rings. The van der Waals surface area contributed by atoms with Gasteiger partial charge in [0.05, 0.1) is 33.4 Å². The zero-order chi connectivity index (χ0) is 24.8. The molecule has 0 unspecified atom stereocenters. The fraction of sp³-hybridized carbons (Fsp3) is 0.300. The van der Waals surface area contributed by atoms with Crippen LogP contribution in [0.2, 0.25) is 0 Å². The van der Waals surface area contributed by atoms with E-state index in [9.17, 15) is 4.79 Å². The summed E-state index contributed by atoms with van der Waals surface area (Å²) in [5, 5.41) is 8.26. The van der Waals surface area contributed by atoms with Crippen molar-refractivity contribution in [1.82, 2.24) is 10.2 Å². The van der Waals surface area contributed by atoms with E-state index in [-0.39, 0.29) is 18.0 Å². The second kappa shape index (κ2) is 9.03. The van der Waals surface area contributed by atoms with Crippen LogP contribution in [0.25, 0.3) is 21.5 Å². The monoisotopic (exact) mass is 482 g/mol. The molecule has 36 heavy (non-hydrogen) atoms. The minimum absolute atomic E-state index is 0.00815. The second-order valence-electron chi connectivity index (χ2n) is 9.53. The van der Waals surface area contributed by atoms with Crippen LogP contribution in [-0.4, -0.2) is 38.2 Å². The van der Waals surface area contributed by atoms with Crippen molar-refractivity contribution >= 4 is 27.5 Å². The number of rotatable bonds is 6. The van der Waals surface area contributed by atoms with Gasteiger partial charge in [-0.25, -0.2) is 0 Å². The van der Waals surface area contributed by atoms with Gasteiger partial charge in [0.15, 0.2) is 11.5 Å². The summed E-state index contributed by atoms with van der Waals surface area (Å²) in [6, 6.07) is 20.9. The molecule has 2 aliphatic rings. The van der Waals surface area contributed by atoms with Crippen molar-refractivity contribution in [2.24, 2.45) is 0 Å². The highest BCUT2D eigenvalue weighted by Crippen LogP contribution is 2.47. The zero-order valence-electron chi connectivity index (χ0n) is 20.8. The van der Waals surface area contributed by atoms with Crippen LogP contribution in [0.3, 0.4) is 0 Å².